The zero-order valence-corrected chi connectivity index (χ0v) is 20.2. The van der Waals surface area contributed by atoms with E-state index in [1.807, 2.05) is 36.5 Å². The highest BCUT2D eigenvalue weighted by molar-refractivity contribution is 6.09. The Bertz CT molecular complexity index is 1550. The van der Waals surface area contributed by atoms with Crippen LogP contribution in [0, 0.1) is 0 Å². The smallest absolute Gasteiger partial charge is 0.137 e. The van der Waals surface area contributed by atoms with Gasteiger partial charge in [-0.25, -0.2) is 4.98 Å². The molecule has 3 heterocycles. The van der Waals surface area contributed by atoms with Crippen LogP contribution >= 0.6 is 0 Å². The van der Waals surface area contributed by atoms with Crippen LogP contribution in [0.15, 0.2) is 104 Å². The maximum absolute atomic E-state index is 6.41. The highest BCUT2D eigenvalue weighted by atomic mass is 16.5. The first-order chi connectivity index (χ1) is 17.0. The normalized spacial score (nSPS) is 13.8. The largest absolute Gasteiger partial charge is 0.457 e. The van der Waals surface area contributed by atoms with E-state index < -0.39 is 0 Å². The van der Waals surface area contributed by atoms with E-state index in [2.05, 4.69) is 107 Å². The summed E-state index contributed by atoms with van der Waals surface area (Å²) in [5.74, 6) is 2.52. The lowest BCUT2D eigenvalue weighted by Crippen LogP contribution is -2.39. The molecular formula is C30H28N4O. The third-order valence-electron chi connectivity index (χ3n) is 6.89. The van der Waals surface area contributed by atoms with Crippen molar-refractivity contribution in [1.29, 1.82) is 0 Å². The number of nitrogens with zero attached hydrogens (tertiary/aromatic N) is 4. The van der Waals surface area contributed by atoms with Crippen molar-refractivity contribution < 1.29 is 4.74 Å². The molecule has 174 valence electrons. The summed E-state index contributed by atoms with van der Waals surface area (Å²) in [4.78, 5) is 9.14. The molecule has 0 bridgehead atoms. The number of fused-ring (bicyclic) bond motifs is 3. The van der Waals surface area contributed by atoms with Gasteiger partial charge in [-0.05, 0) is 61.9 Å². The number of hydrogen-bond donors (Lipinski definition) is 0. The summed E-state index contributed by atoms with van der Waals surface area (Å²) in [6.07, 6.45) is 6.09. The molecule has 3 aromatic carbocycles. The van der Waals surface area contributed by atoms with Gasteiger partial charge >= 0.3 is 0 Å². The van der Waals surface area contributed by atoms with Gasteiger partial charge in [-0.3, -0.25) is 4.57 Å². The van der Waals surface area contributed by atoms with E-state index in [1.165, 1.54) is 16.3 Å². The van der Waals surface area contributed by atoms with Crippen molar-refractivity contribution in [2.24, 2.45) is 0 Å². The molecule has 0 saturated heterocycles. The van der Waals surface area contributed by atoms with Crippen LogP contribution in [-0.2, 0) is 5.54 Å². The number of pyridine rings is 1. The van der Waals surface area contributed by atoms with Gasteiger partial charge in [0.05, 0.1) is 23.2 Å². The van der Waals surface area contributed by atoms with Gasteiger partial charge in [-0.15, -0.1) is 0 Å². The Morgan fingerprint density at radius 3 is 2.37 bits per heavy atom. The summed E-state index contributed by atoms with van der Waals surface area (Å²) >= 11 is 0. The average molecular weight is 461 g/mol. The van der Waals surface area contributed by atoms with Gasteiger partial charge in [0.15, 0.2) is 0 Å². The molecule has 5 heteroatoms. The maximum Gasteiger partial charge on any atom is 0.137 e. The molecule has 0 radical (unpaired) electrons. The van der Waals surface area contributed by atoms with Crippen LogP contribution in [0.1, 0.15) is 19.4 Å². The Morgan fingerprint density at radius 1 is 0.771 bits per heavy atom. The van der Waals surface area contributed by atoms with Crippen LogP contribution in [0.2, 0.25) is 0 Å². The average Bonchev–Trinajstić information content (AvgIpc) is 3.46. The lowest BCUT2D eigenvalue weighted by atomic mass is 9.92. The second kappa shape index (κ2) is 8.20. The Morgan fingerprint density at radius 2 is 1.57 bits per heavy atom. The second-order valence-corrected chi connectivity index (χ2v) is 9.57. The molecule has 2 aromatic heterocycles. The molecule has 0 aliphatic carbocycles. The molecule has 0 amide bonds. The van der Waals surface area contributed by atoms with E-state index in [0.29, 0.717) is 0 Å². The minimum absolute atomic E-state index is 0.157. The first kappa shape index (κ1) is 21.3. The molecule has 1 aliphatic heterocycles. The molecule has 6 rings (SSSR count). The third-order valence-corrected chi connectivity index (χ3v) is 6.89. The fourth-order valence-electron chi connectivity index (χ4n) is 4.88. The Kier molecular flexibility index (Phi) is 4.99. The van der Waals surface area contributed by atoms with Crippen LogP contribution in [0.5, 0.6) is 11.5 Å². The van der Waals surface area contributed by atoms with Crippen molar-refractivity contribution in [2.75, 3.05) is 13.7 Å². The van der Waals surface area contributed by atoms with Crippen LogP contribution in [0.25, 0.3) is 27.6 Å². The van der Waals surface area contributed by atoms with E-state index >= 15 is 0 Å². The number of ether oxygens (including phenoxy) is 1. The van der Waals surface area contributed by atoms with Gasteiger partial charge in [0.2, 0.25) is 0 Å². The molecule has 5 nitrogen and oxygen atoms in total. The lowest BCUT2D eigenvalue weighted by molar-refractivity contribution is 0.157. The van der Waals surface area contributed by atoms with E-state index in [9.17, 15) is 0 Å². The van der Waals surface area contributed by atoms with Crippen molar-refractivity contribution >= 4 is 21.8 Å². The molecule has 0 spiro atoms. The van der Waals surface area contributed by atoms with Crippen molar-refractivity contribution in [2.45, 2.75) is 19.4 Å². The number of hydrogen-bond acceptors (Lipinski definition) is 4. The minimum Gasteiger partial charge on any atom is -0.457 e. The van der Waals surface area contributed by atoms with Gasteiger partial charge in [0.25, 0.3) is 0 Å². The van der Waals surface area contributed by atoms with Crippen LogP contribution in [0.3, 0.4) is 0 Å². The van der Waals surface area contributed by atoms with Gasteiger partial charge < -0.3 is 14.5 Å². The monoisotopic (exact) mass is 460 g/mol. The molecular weight excluding hydrogens is 432 g/mol. The van der Waals surface area contributed by atoms with Crippen LogP contribution < -0.4 is 4.74 Å². The Labute approximate surface area is 205 Å². The summed E-state index contributed by atoms with van der Waals surface area (Å²) in [5, 5.41) is 2.38. The molecule has 5 aromatic rings. The zero-order valence-electron chi connectivity index (χ0n) is 20.2. The van der Waals surface area contributed by atoms with E-state index in [0.717, 1.165) is 35.0 Å². The van der Waals surface area contributed by atoms with Crippen LogP contribution in [0.4, 0.5) is 0 Å². The minimum atomic E-state index is -0.157. The highest BCUT2D eigenvalue weighted by Gasteiger charge is 2.29. The third kappa shape index (κ3) is 3.69. The number of rotatable bonds is 5. The first-order valence-corrected chi connectivity index (χ1v) is 11.9. The molecule has 0 saturated carbocycles. The topological polar surface area (TPSA) is 33.5 Å². The quantitative estimate of drug-likeness (QED) is 0.286. The van der Waals surface area contributed by atoms with Gasteiger partial charge in [0.1, 0.15) is 17.3 Å². The predicted molar refractivity (Wildman–Crippen MR) is 142 cm³/mol. The summed E-state index contributed by atoms with van der Waals surface area (Å²) in [5.41, 5.74) is 3.25. The summed E-state index contributed by atoms with van der Waals surface area (Å²) in [6, 6.07) is 29.1. The fourth-order valence-corrected chi connectivity index (χ4v) is 4.88. The number of para-hydroxylation sites is 1. The van der Waals surface area contributed by atoms with E-state index in [1.54, 1.807) is 0 Å². The molecule has 35 heavy (non-hydrogen) atoms. The first-order valence-electron chi connectivity index (χ1n) is 11.9. The number of aromatic nitrogens is 2. The van der Waals surface area contributed by atoms with E-state index in [4.69, 9.17) is 4.74 Å². The maximum atomic E-state index is 6.41. The molecule has 1 aliphatic rings. The lowest BCUT2D eigenvalue weighted by Gasteiger charge is -2.36. The van der Waals surface area contributed by atoms with Gasteiger partial charge in [-0.1, -0.05) is 36.4 Å². The highest BCUT2D eigenvalue weighted by Crippen LogP contribution is 2.36. The second-order valence-electron chi connectivity index (χ2n) is 9.57. The van der Waals surface area contributed by atoms with Crippen molar-refractivity contribution in [3.8, 4) is 17.3 Å². The van der Waals surface area contributed by atoms with E-state index in [-0.39, 0.29) is 5.54 Å². The Balaban J connectivity index is 1.39. The summed E-state index contributed by atoms with van der Waals surface area (Å²) in [7, 11) is 2.09. The molecule has 0 atom stereocenters. The standard InChI is InChI=1S/C30H28N4O/c1-30(2,33-18-17-32(3)21-33)22-9-8-10-23(19-22)35-24-14-15-26-25-11-4-5-12-27(25)34(28(26)20-24)29-13-6-7-16-31-29/h4-20H,21H2,1-3H3. The van der Waals surface area contributed by atoms with Gasteiger partial charge in [0, 0.05) is 42.5 Å². The van der Waals surface area contributed by atoms with Crippen molar-refractivity contribution in [1.82, 2.24) is 19.4 Å². The van der Waals surface area contributed by atoms with Crippen molar-refractivity contribution in [3.63, 3.8) is 0 Å². The fraction of sp³-hybridized carbons (Fsp3) is 0.167. The molecule has 0 unspecified atom stereocenters. The number of benzene rings is 3. The zero-order chi connectivity index (χ0) is 24.0. The van der Waals surface area contributed by atoms with Gasteiger partial charge in [-0.2, -0.15) is 0 Å². The summed E-state index contributed by atoms with van der Waals surface area (Å²) < 4.78 is 8.61. The molecule has 0 fully saturated rings. The van der Waals surface area contributed by atoms with Crippen molar-refractivity contribution in [3.05, 3.63) is 109 Å². The van der Waals surface area contributed by atoms with Crippen LogP contribution in [-0.4, -0.2) is 33.1 Å². The predicted octanol–water partition coefficient (Wildman–Crippen LogP) is 6.88. The molecule has 0 N–H and O–H groups in total. The SMILES string of the molecule is CN1C=CN(C(C)(C)c2cccc(Oc3ccc4c5ccccc5n(-c5ccccn5)c4c3)c2)C1. The Hall–Kier alpha value is -4.25. The summed E-state index contributed by atoms with van der Waals surface area (Å²) in [6.45, 7) is 5.35.